The summed E-state index contributed by atoms with van der Waals surface area (Å²) in [6.07, 6.45) is 1.39. The number of H-pyrrole nitrogens is 1. The van der Waals surface area contributed by atoms with E-state index in [1.165, 1.54) is 23.9 Å². The van der Waals surface area contributed by atoms with Gasteiger partial charge in [0.2, 0.25) is 0 Å². The van der Waals surface area contributed by atoms with Crippen molar-refractivity contribution in [3.63, 3.8) is 0 Å². The lowest BCUT2D eigenvalue weighted by Crippen LogP contribution is -2.20. The fraction of sp³-hybridized carbons (Fsp3) is 0.333. The number of sulfonamides is 1. The van der Waals surface area contributed by atoms with Gasteiger partial charge in [-0.25, -0.2) is 8.42 Å². The fourth-order valence-electron chi connectivity index (χ4n) is 1.93. The van der Waals surface area contributed by atoms with E-state index in [0.29, 0.717) is 17.1 Å². The molecule has 2 rings (SSSR count). The zero-order valence-corrected chi connectivity index (χ0v) is 13.0. The molecule has 0 fully saturated rings. The average molecular weight is 311 g/mol. The largest absolute Gasteiger partial charge is 0.354 e. The van der Waals surface area contributed by atoms with Gasteiger partial charge in [0.05, 0.1) is 17.1 Å². The number of aromatic nitrogens is 3. The molecule has 1 amide bonds. The van der Waals surface area contributed by atoms with Crippen LogP contribution in [0, 0.1) is 13.8 Å². The number of rotatable bonds is 4. The van der Waals surface area contributed by atoms with Gasteiger partial charge in [0, 0.05) is 20.3 Å². The van der Waals surface area contributed by atoms with E-state index in [2.05, 4.69) is 20.2 Å². The highest BCUT2D eigenvalue weighted by Crippen LogP contribution is 2.22. The number of nitrogens with one attached hydrogen (secondary N) is 3. The first-order valence-electron chi connectivity index (χ1n) is 6.19. The topological polar surface area (TPSA) is 109 Å². The Morgan fingerprint density at radius 3 is 2.57 bits per heavy atom. The maximum Gasteiger partial charge on any atom is 0.267 e. The van der Waals surface area contributed by atoms with Crippen LogP contribution in [0.2, 0.25) is 0 Å². The Kier molecular flexibility index (Phi) is 3.77. The van der Waals surface area contributed by atoms with Crippen LogP contribution in [0.3, 0.4) is 0 Å². The Morgan fingerprint density at radius 2 is 2.05 bits per heavy atom. The first-order valence-corrected chi connectivity index (χ1v) is 7.67. The fourth-order valence-corrected chi connectivity index (χ4v) is 3.18. The van der Waals surface area contributed by atoms with Gasteiger partial charge in [-0.1, -0.05) is 0 Å². The van der Waals surface area contributed by atoms with Crippen molar-refractivity contribution in [1.29, 1.82) is 0 Å². The second kappa shape index (κ2) is 5.24. The van der Waals surface area contributed by atoms with Crippen LogP contribution in [0.5, 0.6) is 0 Å². The van der Waals surface area contributed by atoms with Crippen LogP contribution in [-0.4, -0.2) is 36.1 Å². The number of hydrogen-bond acceptors (Lipinski definition) is 4. The highest BCUT2D eigenvalue weighted by atomic mass is 32.2. The molecule has 2 aromatic rings. The van der Waals surface area contributed by atoms with E-state index in [0.717, 1.165) is 0 Å². The molecule has 0 aliphatic heterocycles. The summed E-state index contributed by atoms with van der Waals surface area (Å²) in [6, 6.07) is 1.33. The maximum absolute atomic E-state index is 12.4. The number of aryl methyl sites for hydroxylation is 3. The third-order valence-corrected chi connectivity index (χ3v) is 4.43. The Labute approximate surface area is 122 Å². The van der Waals surface area contributed by atoms with Gasteiger partial charge < -0.3 is 9.88 Å². The molecule has 0 spiro atoms. The molecule has 21 heavy (non-hydrogen) atoms. The van der Waals surface area contributed by atoms with E-state index < -0.39 is 10.0 Å². The summed E-state index contributed by atoms with van der Waals surface area (Å²) in [5.74, 6) is -0.352. The van der Waals surface area contributed by atoms with Crippen molar-refractivity contribution in [2.45, 2.75) is 18.7 Å². The smallest absolute Gasteiger partial charge is 0.267 e. The number of nitrogens with zero attached hydrogens (tertiary/aromatic N) is 2. The summed E-state index contributed by atoms with van der Waals surface area (Å²) < 4.78 is 28.7. The first-order chi connectivity index (χ1) is 9.76. The number of hydrogen-bond donors (Lipinski definition) is 3. The van der Waals surface area contributed by atoms with Gasteiger partial charge in [0.25, 0.3) is 15.9 Å². The van der Waals surface area contributed by atoms with Gasteiger partial charge in [-0.05, 0) is 19.9 Å². The third kappa shape index (κ3) is 2.77. The molecule has 0 atom stereocenters. The van der Waals surface area contributed by atoms with Gasteiger partial charge in [0.1, 0.15) is 10.6 Å². The van der Waals surface area contributed by atoms with Gasteiger partial charge in [-0.15, -0.1) is 0 Å². The second-order valence-corrected chi connectivity index (χ2v) is 6.35. The highest BCUT2D eigenvalue weighted by Gasteiger charge is 2.22. The van der Waals surface area contributed by atoms with E-state index in [-0.39, 0.29) is 16.5 Å². The summed E-state index contributed by atoms with van der Waals surface area (Å²) >= 11 is 0. The molecule has 0 aliphatic rings. The average Bonchev–Trinajstić information content (AvgIpc) is 2.96. The van der Waals surface area contributed by atoms with E-state index >= 15 is 0 Å². The minimum Gasteiger partial charge on any atom is -0.354 e. The number of carbonyl (C=O) groups is 1. The quantitative estimate of drug-likeness (QED) is 0.765. The number of amides is 1. The summed E-state index contributed by atoms with van der Waals surface area (Å²) in [4.78, 5) is 11.7. The molecular formula is C12H17N5O3S. The predicted octanol–water partition coefficient (Wildman–Crippen LogP) is 0.525. The normalized spacial score (nSPS) is 11.4. The highest BCUT2D eigenvalue weighted by molar-refractivity contribution is 7.92. The van der Waals surface area contributed by atoms with Crippen molar-refractivity contribution in [1.82, 2.24) is 20.1 Å². The molecule has 3 N–H and O–H groups in total. The third-order valence-electron chi connectivity index (χ3n) is 3.11. The minimum absolute atomic E-state index is 0.0172. The van der Waals surface area contributed by atoms with E-state index in [1.807, 2.05) is 0 Å². The molecule has 114 valence electrons. The Bertz CT molecular complexity index is 768. The van der Waals surface area contributed by atoms with Crippen molar-refractivity contribution in [2.75, 3.05) is 11.8 Å². The lowest BCUT2D eigenvalue weighted by molar-refractivity contribution is 0.0955. The number of anilines is 1. The van der Waals surface area contributed by atoms with Crippen LogP contribution in [0.25, 0.3) is 0 Å². The molecule has 0 aliphatic carbocycles. The van der Waals surface area contributed by atoms with Crippen LogP contribution in [0.4, 0.5) is 5.69 Å². The number of carbonyl (C=O) groups excluding carboxylic acids is 1. The van der Waals surface area contributed by atoms with Crippen LogP contribution in [0.1, 0.15) is 21.9 Å². The van der Waals surface area contributed by atoms with Gasteiger partial charge in [0.15, 0.2) is 0 Å². The monoisotopic (exact) mass is 311 g/mol. The molecule has 9 heteroatoms. The van der Waals surface area contributed by atoms with Gasteiger partial charge in [-0.3, -0.25) is 14.6 Å². The Balaban J connectivity index is 2.39. The summed E-state index contributed by atoms with van der Waals surface area (Å²) in [5.41, 5.74) is 1.86. The van der Waals surface area contributed by atoms with E-state index in [1.54, 1.807) is 20.9 Å². The molecule has 2 aromatic heterocycles. The SMILES string of the molecule is CNC(=O)c1cc(S(=O)(=O)Nc2c(C)n[nH]c2C)cn1C. The van der Waals surface area contributed by atoms with Crippen molar-refractivity contribution < 1.29 is 13.2 Å². The Hall–Kier alpha value is -2.29. The van der Waals surface area contributed by atoms with Crippen molar-refractivity contribution in [3.05, 3.63) is 29.3 Å². The second-order valence-electron chi connectivity index (χ2n) is 4.67. The van der Waals surface area contributed by atoms with Gasteiger partial charge in [-0.2, -0.15) is 5.10 Å². The maximum atomic E-state index is 12.4. The van der Waals surface area contributed by atoms with Crippen molar-refractivity contribution in [3.8, 4) is 0 Å². The lowest BCUT2D eigenvalue weighted by atomic mass is 10.3. The summed E-state index contributed by atoms with van der Waals surface area (Å²) in [5, 5.41) is 9.11. The zero-order chi connectivity index (χ0) is 15.8. The van der Waals surface area contributed by atoms with E-state index in [9.17, 15) is 13.2 Å². The van der Waals surface area contributed by atoms with Gasteiger partial charge >= 0.3 is 0 Å². The van der Waals surface area contributed by atoms with Crippen LogP contribution >= 0.6 is 0 Å². The molecule has 0 radical (unpaired) electrons. The van der Waals surface area contributed by atoms with Crippen molar-refractivity contribution >= 4 is 21.6 Å². The van der Waals surface area contributed by atoms with E-state index in [4.69, 9.17) is 0 Å². The standard InChI is InChI=1S/C12H17N5O3S/c1-7-11(8(2)15-14-7)16-21(19,20)9-5-10(12(18)13-3)17(4)6-9/h5-6,16H,1-4H3,(H,13,18)(H,14,15). The molecule has 0 saturated heterocycles. The molecule has 0 aromatic carbocycles. The molecular weight excluding hydrogens is 294 g/mol. The van der Waals surface area contributed by atoms with Crippen LogP contribution < -0.4 is 10.0 Å². The molecule has 0 unspecified atom stereocenters. The summed E-state index contributed by atoms with van der Waals surface area (Å²) in [7, 11) is -0.687. The number of aromatic amines is 1. The minimum atomic E-state index is -3.78. The first kappa shape index (κ1) is 15.1. The lowest BCUT2D eigenvalue weighted by Gasteiger charge is -2.06. The molecule has 0 saturated carbocycles. The summed E-state index contributed by atoms with van der Waals surface area (Å²) in [6.45, 7) is 3.42. The molecule has 2 heterocycles. The zero-order valence-electron chi connectivity index (χ0n) is 12.2. The predicted molar refractivity (Wildman–Crippen MR) is 77.7 cm³/mol. The van der Waals surface area contributed by atoms with Crippen LogP contribution in [-0.2, 0) is 17.1 Å². The molecule has 8 nitrogen and oxygen atoms in total. The molecule has 0 bridgehead atoms. The van der Waals surface area contributed by atoms with Crippen LogP contribution in [0.15, 0.2) is 17.2 Å². The Morgan fingerprint density at radius 1 is 1.38 bits per heavy atom. The van der Waals surface area contributed by atoms with Crippen molar-refractivity contribution in [2.24, 2.45) is 7.05 Å².